The van der Waals surface area contributed by atoms with Crippen molar-refractivity contribution in [3.63, 3.8) is 0 Å². The number of nitrogens with zero attached hydrogens (tertiary/aromatic N) is 1. The lowest BCUT2D eigenvalue weighted by molar-refractivity contribution is -0.147. The average Bonchev–Trinajstić information content (AvgIpc) is 2.73. The highest BCUT2D eigenvalue weighted by molar-refractivity contribution is 5.94. The second-order valence-corrected chi connectivity index (χ2v) is 7.43. The first-order valence-electron chi connectivity index (χ1n) is 9.60. The Kier molecular flexibility index (Phi) is 7.14. The average molecular weight is 419 g/mol. The molecule has 1 aliphatic rings. The van der Waals surface area contributed by atoms with Gasteiger partial charge < -0.3 is 31.5 Å². The molecule has 5 atom stereocenters. The van der Waals surface area contributed by atoms with Crippen LogP contribution in [-0.4, -0.2) is 68.7 Å². The smallest absolute Gasteiger partial charge is 0.252 e. The quantitative estimate of drug-likeness (QED) is 0.346. The normalized spacial score (nSPS) is 25.7. The number of likely N-dealkylation sites (tertiary alicyclic amines) is 1. The molecular weight excluding hydrogens is 393 g/mol. The number of aliphatic hydroxyl groups is 4. The van der Waals surface area contributed by atoms with Crippen LogP contribution in [-0.2, 0) is 6.54 Å². The van der Waals surface area contributed by atoms with Gasteiger partial charge in [-0.25, -0.2) is 4.39 Å². The number of β-amino-alcohol motifs (C(OH)–C–C–N with tert-alkyl or cyclic N) is 1. The molecule has 30 heavy (non-hydrogen) atoms. The van der Waals surface area contributed by atoms with Crippen molar-refractivity contribution in [2.24, 2.45) is 5.73 Å². The second-order valence-electron chi connectivity index (χ2n) is 7.43. The van der Waals surface area contributed by atoms with E-state index in [9.17, 15) is 29.6 Å². The van der Waals surface area contributed by atoms with Gasteiger partial charge in [-0.1, -0.05) is 24.3 Å². The molecule has 2 aromatic rings. The van der Waals surface area contributed by atoms with Crippen LogP contribution < -0.4 is 11.1 Å². The van der Waals surface area contributed by atoms with E-state index < -0.39 is 36.4 Å². The Hall–Kier alpha value is -2.40. The van der Waals surface area contributed by atoms with Gasteiger partial charge in [-0.3, -0.25) is 9.69 Å². The summed E-state index contributed by atoms with van der Waals surface area (Å²) in [5.41, 5.74) is 7.70. The minimum Gasteiger partial charge on any atom is -0.395 e. The molecular formula is C21H26FN3O5. The molecule has 1 heterocycles. The molecule has 9 heteroatoms. The number of rotatable bonds is 6. The fourth-order valence-electron chi connectivity index (χ4n) is 3.53. The van der Waals surface area contributed by atoms with E-state index in [2.05, 4.69) is 5.32 Å². The number of carbonyl (C=O) groups is 1. The van der Waals surface area contributed by atoms with Gasteiger partial charge in [0.25, 0.3) is 5.91 Å². The summed E-state index contributed by atoms with van der Waals surface area (Å²) in [5, 5.41) is 41.9. The molecule has 7 N–H and O–H groups in total. The molecule has 0 spiro atoms. The molecule has 0 aromatic heterocycles. The van der Waals surface area contributed by atoms with E-state index in [-0.39, 0.29) is 19.0 Å². The molecule has 3 rings (SSSR count). The van der Waals surface area contributed by atoms with Crippen molar-refractivity contribution < 1.29 is 29.6 Å². The van der Waals surface area contributed by atoms with Gasteiger partial charge in [-0.15, -0.1) is 0 Å². The first-order chi connectivity index (χ1) is 14.3. The Morgan fingerprint density at radius 2 is 1.73 bits per heavy atom. The van der Waals surface area contributed by atoms with Crippen molar-refractivity contribution in [3.8, 4) is 0 Å². The minimum absolute atomic E-state index is 0.0955. The predicted octanol–water partition coefficient (Wildman–Crippen LogP) is -0.528. The Bertz CT molecular complexity index is 849. The maximum Gasteiger partial charge on any atom is 0.252 e. The van der Waals surface area contributed by atoms with Gasteiger partial charge in [0.2, 0.25) is 0 Å². The summed E-state index contributed by atoms with van der Waals surface area (Å²) >= 11 is 0. The van der Waals surface area contributed by atoms with E-state index >= 15 is 0 Å². The molecule has 0 aliphatic carbocycles. The van der Waals surface area contributed by atoms with Crippen molar-refractivity contribution >= 4 is 5.91 Å². The topological polar surface area (TPSA) is 139 Å². The SMILES string of the molecule is N[C@@H](NC(=O)c1ccc(CN2C[C@H](O)[C@@H](O)[C@@H](O)[C@@H]2CO)cc1)c1ccc(F)cc1. The van der Waals surface area contributed by atoms with Crippen molar-refractivity contribution in [1.29, 1.82) is 0 Å². The molecule has 8 nitrogen and oxygen atoms in total. The molecule has 1 aliphatic heterocycles. The number of hydrogen-bond donors (Lipinski definition) is 6. The van der Waals surface area contributed by atoms with E-state index in [4.69, 9.17) is 5.73 Å². The van der Waals surface area contributed by atoms with Crippen LogP contribution in [0.25, 0.3) is 0 Å². The fraction of sp³-hybridized carbons (Fsp3) is 0.381. The zero-order valence-corrected chi connectivity index (χ0v) is 16.2. The van der Waals surface area contributed by atoms with Crippen LogP contribution in [0.4, 0.5) is 4.39 Å². The standard InChI is InChI=1S/C21H26FN3O5/c22-15-7-5-13(6-8-15)20(23)24-21(30)14-3-1-12(2-4-14)9-25-10-17(27)19(29)18(28)16(25)11-26/h1-8,16-20,26-29H,9-11,23H2,(H,24,30)/t16-,17-,18-,19+,20-/m0/s1. The Morgan fingerprint density at radius 3 is 2.33 bits per heavy atom. The van der Waals surface area contributed by atoms with Gasteiger partial charge in [0.05, 0.1) is 18.8 Å². The van der Waals surface area contributed by atoms with E-state index in [1.165, 1.54) is 24.3 Å². The van der Waals surface area contributed by atoms with Crippen LogP contribution in [0.1, 0.15) is 27.7 Å². The molecule has 162 valence electrons. The van der Waals surface area contributed by atoms with Crippen LogP contribution in [0.5, 0.6) is 0 Å². The summed E-state index contributed by atoms with van der Waals surface area (Å²) in [6.45, 7) is 0.0357. The van der Waals surface area contributed by atoms with Crippen molar-refractivity contribution in [2.45, 2.75) is 37.1 Å². The second kappa shape index (κ2) is 9.61. The Balaban J connectivity index is 1.62. The van der Waals surface area contributed by atoms with E-state index in [1.54, 1.807) is 29.2 Å². The number of piperidine rings is 1. The number of aliphatic hydroxyl groups excluding tert-OH is 4. The van der Waals surface area contributed by atoms with Crippen molar-refractivity contribution in [1.82, 2.24) is 10.2 Å². The van der Waals surface area contributed by atoms with E-state index in [0.717, 1.165) is 5.56 Å². The lowest BCUT2D eigenvalue weighted by Gasteiger charge is -2.43. The summed E-state index contributed by atoms with van der Waals surface area (Å²) in [7, 11) is 0. The molecule has 0 unspecified atom stereocenters. The molecule has 0 saturated carbocycles. The number of nitrogens with one attached hydrogen (secondary N) is 1. The highest BCUT2D eigenvalue weighted by Crippen LogP contribution is 2.21. The minimum atomic E-state index is -1.31. The lowest BCUT2D eigenvalue weighted by Crippen LogP contribution is -2.62. The summed E-state index contributed by atoms with van der Waals surface area (Å²) in [6.07, 6.45) is -4.49. The van der Waals surface area contributed by atoms with Gasteiger partial charge in [0, 0.05) is 18.7 Å². The third kappa shape index (κ3) is 5.01. The third-order valence-corrected chi connectivity index (χ3v) is 5.33. The lowest BCUT2D eigenvalue weighted by atomic mass is 9.93. The molecule has 1 amide bonds. The summed E-state index contributed by atoms with van der Waals surface area (Å²) < 4.78 is 13.0. The number of halogens is 1. The zero-order chi connectivity index (χ0) is 21.8. The molecule has 0 bridgehead atoms. The maximum absolute atomic E-state index is 13.0. The van der Waals surface area contributed by atoms with Crippen LogP contribution in [0.3, 0.4) is 0 Å². The first kappa shape index (κ1) is 22.3. The van der Waals surface area contributed by atoms with Gasteiger partial charge in [0.1, 0.15) is 24.2 Å². The van der Waals surface area contributed by atoms with Gasteiger partial charge in [-0.05, 0) is 35.4 Å². The van der Waals surface area contributed by atoms with E-state index in [0.29, 0.717) is 17.7 Å². The van der Waals surface area contributed by atoms with Gasteiger partial charge in [0.15, 0.2) is 0 Å². The highest BCUT2D eigenvalue weighted by atomic mass is 19.1. The number of amides is 1. The Morgan fingerprint density at radius 1 is 1.10 bits per heavy atom. The zero-order valence-electron chi connectivity index (χ0n) is 16.2. The third-order valence-electron chi connectivity index (χ3n) is 5.33. The summed E-state index contributed by atoms with van der Waals surface area (Å²) in [5.74, 6) is -0.780. The van der Waals surface area contributed by atoms with E-state index in [1.807, 2.05) is 0 Å². The van der Waals surface area contributed by atoms with Crippen molar-refractivity contribution in [3.05, 3.63) is 71.0 Å². The summed E-state index contributed by atoms with van der Waals surface area (Å²) in [4.78, 5) is 14.1. The Labute approximate surface area is 173 Å². The largest absolute Gasteiger partial charge is 0.395 e. The van der Waals surface area contributed by atoms with Crippen LogP contribution in [0.2, 0.25) is 0 Å². The monoisotopic (exact) mass is 419 g/mol. The molecule has 1 saturated heterocycles. The van der Waals surface area contributed by atoms with Gasteiger partial charge in [-0.2, -0.15) is 0 Å². The van der Waals surface area contributed by atoms with Crippen LogP contribution >= 0.6 is 0 Å². The molecule has 1 fully saturated rings. The summed E-state index contributed by atoms with van der Waals surface area (Å²) in [6, 6.07) is 11.5. The predicted molar refractivity (Wildman–Crippen MR) is 107 cm³/mol. The highest BCUT2D eigenvalue weighted by Gasteiger charge is 2.40. The van der Waals surface area contributed by atoms with Crippen LogP contribution in [0, 0.1) is 5.82 Å². The fourth-order valence-corrected chi connectivity index (χ4v) is 3.53. The molecule has 2 aromatic carbocycles. The van der Waals surface area contributed by atoms with Crippen molar-refractivity contribution in [2.75, 3.05) is 13.2 Å². The van der Waals surface area contributed by atoms with Crippen LogP contribution in [0.15, 0.2) is 48.5 Å². The first-order valence-corrected chi connectivity index (χ1v) is 9.60. The number of nitrogens with two attached hydrogens (primary N) is 1. The number of hydrogen-bond acceptors (Lipinski definition) is 7. The maximum atomic E-state index is 13.0. The number of benzene rings is 2. The molecule has 0 radical (unpaired) electrons. The van der Waals surface area contributed by atoms with Gasteiger partial charge >= 0.3 is 0 Å². The number of carbonyl (C=O) groups excluding carboxylic acids is 1.